The Kier molecular flexibility index (Phi) is 8.13. The standard InChI is InChI=1S/C30H28F2N6O5/c31-21-11-18(13-33)1-4-25(21)42-17-27-34-8-5-29(36-27)43-26-6-9-37(15-22(26)32)16-28-35-23-3-2-19(30(39)40)12-24(23)38(28)14-20-7-10-41-20/h1-5,8,11-12,20,22,26H,6-7,9-10,14-17H2,(H,39,40)/t20-,22-,26?/m0/s1. The third-order valence-electron chi connectivity index (χ3n) is 7.55. The Hall–Kier alpha value is -4.67. The Morgan fingerprint density at radius 3 is 2.77 bits per heavy atom. The summed E-state index contributed by atoms with van der Waals surface area (Å²) < 4.78 is 48.4. The number of aromatic carboxylic acids is 1. The molecule has 2 fully saturated rings. The molecule has 6 rings (SSSR count). The summed E-state index contributed by atoms with van der Waals surface area (Å²) in [4.78, 5) is 26.7. The lowest BCUT2D eigenvalue weighted by molar-refractivity contribution is -0.0593. The van der Waals surface area contributed by atoms with Gasteiger partial charge in [0.25, 0.3) is 0 Å². The minimum Gasteiger partial charge on any atom is -0.483 e. The highest BCUT2D eigenvalue weighted by Gasteiger charge is 2.32. The molecule has 2 saturated heterocycles. The van der Waals surface area contributed by atoms with Gasteiger partial charge in [-0.3, -0.25) is 4.90 Å². The summed E-state index contributed by atoms with van der Waals surface area (Å²) in [6.07, 6.45) is 0.784. The van der Waals surface area contributed by atoms with E-state index in [1.165, 1.54) is 30.5 Å². The molecule has 0 bridgehead atoms. The van der Waals surface area contributed by atoms with E-state index in [2.05, 4.69) is 9.97 Å². The molecule has 0 spiro atoms. The summed E-state index contributed by atoms with van der Waals surface area (Å²) in [7, 11) is 0. The van der Waals surface area contributed by atoms with Gasteiger partial charge in [0.15, 0.2) is 17.4 Å². The Morgan fingerprint density at radius 1 is 1.19 bits per heavy atom. The maximum Gasteiger partial charge on any atom is 0.335 e. The minimum absolute atomic E-state index is 0.0315. The van der Waals surface area contributed by atoms with Crippen LogP contribution in [0, 0.1) is 17.1 Å². The van der Waals surface area contributed by atoms with Crippen LogP contribution in [0.4, 0.5) is 8.78 Å². The van der Waals surface area contributed by atoms with Gasteiger partial charge in [-0.25, -0.2) is 23.5 Å². The number of alkyl halides is 1. The van der Waals surface area contributed by atoms with E-state index >= 15 is 4.39 Å². The molecule has 0 radical (unpaired) electrons. The molecule has 2 aliphatic heterocycles. The summed E-state index contributed by atoms with van der Waals surface area (Å²) >= 11 is 0. The van der Waals surface area contributed by atoms with Crippen molar-refractivity contribution in [3.05, 3.63) is 77.3 Å². The Balaban J connectivity index is 1.09. The predicted octanol–water partition coefficient (Wildman–Crippen LogP) is 3.89. The highest BCUT2D eigenvalue weighted by atomic mass is 19.1. The number of fused-ring (bicyclic) bond motifs is 1. The van der Waals surface area contributed by atoms with Crippen LogP contribution in [0.3, 0.4) is 0 Å². The van der Waals surface area contributed by atoms with Crippen molar-refractivity contribution in [1.29, 1.82) is 5.26 Å². The first kappa shape index (κ1) is 28.4. The van der Waals surface area contributed by atoms with Crippen molar-refractivity contribution >= 4 is 17.0 Å². The molecule has 0 saturated carbocycles. The van der Waals surface area contributed by atoms with Crippen LogP contribution >= 0.6 is 0 Å². The number of likely N-dealkylation sites (tertiary alicyclic amines) is 1. The van der Waals surface area contributed by atoms with Crippen LogP contribution in [0.2, 0.25) is 0 Å². The van der Waals surface area contributed by atoms with Gasteiger partial charge in [-0.2, -0.15) is 10.2 Å². The Bertz CT molecular complexity index is 1690. The number of nitrogens with zero attached hydrogens (tertiary/aromatic N) is 6. The molecule has 2 aromatic carbocycles. The third kappa shape index (κ3) is 6.40. The first-order valence-corrected chi connectivity index (χ1v) is 13.9. The molecule has 4 aromatic rings. The zero-order valence-electron chi connectivity index (χ0n) is 23.0. The zero-order chi connectivity index (χ0) is 29.9. The van der Waals surface area contributed by atoms with Crippen molar-refractivity contribution in [3.8, 4) is 17.7 Å². The smallest absolute Gasteiger partial charge is 0.335 e. The zero-order valence-corrected chi connectivity index (χ0v) is 23.0. The number of nitriles is 1. The normalized spacial score (nSPS) is 20.3. The second-order valence-corrected chi connectivity index (χ2v) is 10.5. The van der Waals surface area contributed by atoms with Gasteiger partial charge in [-0.15, -0.1) is 0 Å². The fraction of sp³-hybridized carbons (Fsp3) is 0.367. The molecule has 2 aromatic heterocycles. The Morgan fingerprint density at radius 2 is 2.05 bits per heavy atom. The molecule has 4 heterocycles. The number of hydrogen-bond donors (Lipinski definition) is 1. The predicted molar refractivity (Wildman–Crippen MR) is 148 cm³/mol. The second kappa shape index (κ2) is 12.3. The molecular weight excluding hydrogens is 562 g/mol. The lowest BCUT2D eigenvalue weighted by atomic mass is 10.1. The highest BCUT2D eigenvalue weighted by Crippen LogP contribution is 2.26. The molecule has 43 heavy (non-hydrogen) atoms. The van der Waals surface area contributed by atoms with Crippen molar-refractivity contribution < 1.29 is 32.9 Å². The molecule has 11 nitrogen and oxygen atoms in total. The van der Waals surface area contributed by atoms with Crippen LogP contribution in [-0.2, 0) is 24.4 Å². The topological polar surface area (TPSA) is 136 Å². The van der Waals surface area contributed by atoms with E-state index < -0.39 is 24.1 Å². The Labute approximate surface area is 245 Å². The van der Waals surface area contributed by atoms with E-state index in [-0.39, 0.29) is 47.8 Å². The number of imidazole rings is 1. The van der Waals surface area contributed by atoms with Crippen LogP contribution < -0.4 is 9.47 Å². The lowest BCUT2D eigenvalue weighted by Crippen LogP contribution is -2.47. The molecule has 222 valence electrons. The maximum absolute atomic E-state index is 15.4. The SMILES string of the molecule is N#Cc1ccc(OCc2nccc(OC3CCN(Cc4nc5ccc(C(=O)O)cc5n4C[C@@H]4CCO4)C[C@@H]3F)n2)c(F)c1. The average Bonchev–Trinajstić information content (AvgIpc) is 3.31. The monoisotopic (exact) mass is 590 g/mol. The van der Waals surface area contributed by atoms with E-state index in [0.717, 1.165) is 18.3 Å². The maximum atomic E-state index is 15.4. The number of carboxylic acids is 1. The molecule has 0 amide bonds. The number of hydrogen-bond acceptors (Lipinski definition) is 9. The number of piperidine rings is 1. The van der Waals surface area contributed by atoms with E-state index in [0.29, 0.717) is 43.7 Å². The van der Waals surface area contributed by atoms with E-state index in [9.17, 15) is 14.3 Å². The van der Waals surface area contributed by atoms with Gasteiger partial charge in [0.2, 0.25) is 5.88 Å². The minimum atomic E-state index is -1.30. The van der Waals surface area contributed by atoms with Crippen LogP contribution in [-0.4, -0.2) is 73.6 Å². The summed E-state index contributed by atoms with van der Waals surface area (Å²) in [6, 6.07) is 12.1. The highest BCUT2D eigenvalue weighted by molar-refractivity contribution is 5.92. The van der Waals surface area contributed by atoms with Crippen molar-refractivity contribution in [1.82, 2.24) is 24.4 Å². The third-order valence-corrected chi connectivity index (χ3v) is 7.55. The summed E-state index contributed by atoms with van der Waals surface area (Å²) in [5.74, 6) is -0.585. The fourth-order valence-electron chi connectivity index (χ4n) is 5.19. The number of carboxylic acid groups (broad SMARTS) is 1. The van der Waals surface area contributed by atoms with Crippen LogP contribution in [0.25, 0.3) is 11.0 Å². The number of halogens is 2. The molecule has 0 aliphatic carbocycles. The van der Waals surface area contributed by atoms with Crippen molar-refractivity contribution in [2.75, 3.05) is 19.7 Å². The second-order valence-electron chi connectivity index (χ2n) is 10.5. The molecule has 1 unspecified atom stereocenters. The number of benzene rings is 2. The first-order chi connectivity index (χ1) is 20.9. The number of rotatable bonds is 10. The molecule has 2 aliphatic rings. The van der Waals surface area contributed by atoms with Gasteiger partial charge in [0.1, 0.15) is 24.7 Å². The number of aromatic nitrogens is 4. The van der Waals surface area contributed by atoms with E-state index in [1.54, 1.807) is 12.1 Å². The molecule has 1 N–H and O–H groups in total. The van der Waals surface area contributed by atoms with Crippen LogP contribution in [0.1, 0.15) is 40.4 Å². The average molecular weight is 591 g/mol. The quantitative estimate of drug-likeness (QED) is 0.290. The lowest BCUT2D eigenvalue weighted by Gasteiger charge is -2.34. The van der Waals surface area contributed by atoms with Crippen molar-refractivity contribution in [2.45, 2.75) is 50.9 Å². The summed E-state index contributed by atoms with van der Waals surface area (Å²) in [6.45, 7) is 2.16. The summed E-state index contributed by atoms with van der Waals surface area (Å²) in [5.41, 5.74) is 1.75. The van der Waals surface area contributed by atoms with Gasteiger partial charge in [0, 0.05) is 38.4 Å². The number of carbonyl (C=O) groups is 1. The van der Waals surface area contributed by atoms with Gasteiger partial charge < -0.3 is 23.9 Å². The van der Waals surface area contributed by atoms with Crippen molar-refractivity contribution in [3.63, 3.8) is 0 Å². The van der Waals surface area contributed by atoms with Crippen molar-refractivity contribution in [2.24, 2.45) is 0 Å². The first-order valence-electron chi connectivity index (χ1n) is 13.9. The molecular formula is C30H28F2N6O5. The number of ether oxygens (including phenoxy) is 3. The fourth-order valence-corrected chi connectivity index (χ4v) is 5.19. The largest absolute Gasteiger partial charge is 0.483 e. The summed E-state index contributed by atoms with van der Waals surface area (Å²) in [5, 5.41) is 18.3. The van der Waals surface area contributed by atoms with Gasteiger partial charge in [0.05, 0.1) is 47.4 Å². The van der Waals surface area contributed by atoms with Gasteiger partial charge >= 0.3 is 5.97 Å². The van der Waals surface area contributed by atoms with Crippen LogP contribution in [0.5, 0.6) is 11.6 Å². The van der Waals surface area contributed by atoms with E-state index in [4.69, 9.17) is 24.5 Å². The van der Waals surface area contributed by atoms with Crippen LogP contribution in [0.15, 0.2) is 48.7 Å². The van der Waals surface area contributed by atoms with Gasteiger partial charge in [-0.05, 0) is 42.8 Å². The molecule has 13 heteroatoms. The van der Waals surface area contributed by atoms with Gasteiger partial charge in [-0.1, -0.05) is 0 Å². The van der Waals surface area contributed by atoms with E-state index in [1.807, 2.05) is 15.5 Å². The molecule has 3 atom stereocenters.